The molecule has 4 heterocycles. The minimum Gasteiger partial charge on any atom is -0.353 e. The van der Waals surface area contributed by atoms with E-state index in [4.69, 9.17) is 0 Å². The van der Waals surface area contributed by atoms with Crippen LogP contribution in [-0.2, 0) is 0 Å². The maximum Gasteiger partial charge on any atom is 0.254 e. The van der Waals surface area contributed by atoms with Gasteiger partial charge in [0.2, 0.25) is 0 Å². The van der Waals surface area contributed by atoms with Crippen molar-refractivity contribution in [2.75, 3.05) is 36.0 Å². The van der Waals surface area contributed by atoms with Gasteiger partial charge in [-0.3, -0.25) is 0 Å². The lowest BCUT2D eigenvalue weighted by atomic mass is 10.2. The summed E-state index contributed by atoms with van der Waals surface area (Å²) in [6.45, 7) is 8.65. The molecule has 2 fully saturated rings. The highest BCUT2D eigenvalue weighted by Crippen LogP contribution is 2.39. The lowest BCUT2D eigenvalue weighted by Gasteiger charge is -2.37. The Labute approximate surface area is 162 Å². The summed E-state index contributed by atoms with van der Waals surface area (Å²) >= 11 is 0. The number of halogens is 1. The maximum atomic E-state index is 14.7. The van der Waals surface area contributed by atoms with E-state index < -0.39 is 0 Å². The molecule has 3 aromatic heterocycles. The fourth-order valence-corrected chi connectivity index (χ4v) is 3.82. The molecular formula is C19H23FN8. The predicted molar refractivity (Wildman–Crippen MR) is 103 cm³/mol. The Hall–Kier alpha value is -2.84. The standard InChI is InChI=1S/C19H23FN8/c1-11-12(2)24-19-21-10-22-28(19)18(11)27-8-6-26(7-9-27)17-15(20)13(3)23-16(25-17)14-4-5-14/h10,14H,4-9H2,1-3H3. The first kappa shape index (κ1) is 17.3. The Morgan fingerprint density at radius 3 is 2.36 bits per heavy atom. The van der Waals surface area contributed by atoms with Gasteiger partial charge < -0.3 is 9.80 Å². The zero-order valence-electron chi connectivity index (χ0n) is 16.4. The van der Waals surface area contributed by atoms with E-state index in [2.05, 4.69) is 36.9 Å². The van der Waals surface area contributed by atoms with Crippen LogP contribution in [0.2, 0.25) is 0 Å². The van der Waals surface area contributed by atoms with E-state index in [9.17, 15) is 4.39 Å². The van der Waals surface area contributed by atoms with Crippen LogP contribution < -0.4 is 9.80 Å². The van der Waals surface area contributed by atoms with Gasteiger partial charge in [-0.2, -0.15) is 14.6 Å². The summed E-state index contributed by atoms with van der Waals surface area (Å²) in [5.74, 6) is 2.96. The number of hydrogen-bond acceptors (Lipinski definition) is 7. The maximum absolute atomic E-state index is 14.7. The van der Waals surface area contributed by atoms with Crippen molar-refractivity contribution in [3.8, 4) is 0 Å². The molecule has 0 N–H and O–H groups in total. The molecule has 146 valence electrons. The van der Waals surface area contributed by atoms with Gasteiger partial charge in [-0.15, -0.1) is 0 Å². The van der Waals surface area contributed by atoms with Crippen LogP contribution in [0.25, 0.3) is 5.78 Å². The Morgan fingerprint density at radius 2 is 1.64 bits per heavy atom. The Morgan fingerprint density at radius 1 is 0.929 bits per heavy atom. The van der Waals surface area contributed by atoms with E-state index in [1.165, 1.54) is 6.33 Å². The van der Waals surface area contributed by atoms with Crippen LogP contribution in [-0.4, -0.2) is 55.7 Å². The third kappa shape index (κ3) is 2.76. The highest BCUT2D eigenvalue weighted by molar-refractivity contribution is 5.55. The van der Waals surface area contributed by atoms with Crippen LogP contribution in [0.1, 0.15) is 41.5 Å². The molecular weight excluding hydrogens is 359 g/mol. The van der Waals surface area contributed by atoms with Gasteiger partial charge in [0.1, 0.15) is 18.0 Å². The second-order valence-corrected chi connectivity index (χ2v) is 7.67. The number of aromatic nitrogens is 6. The first-order chi connectivity index (χ1) is 13.5. The molecule has 8 nitrogen and oxygen atoms in total. The smallest absolute Gasteiger partial charge is 0.254 e. The molecule has 28 heavy (non-hydrogen) atoms. The number of hydrogen-bond donors (Lipinski definition) is 0. The minimum absolute atomic E-state index is 0.299. The molecule has 3 aromatic rings. The molecule has 1 saturated heterocycles. The van der Waals surface area contributed by atoms with Gasteiger partial charge in [-0.1, -0.05) is 0 Å². The fourth-order valence-electron chi connectivity index (χ4n) is 3.82. The van der Waals surface area contributed by atoms with Crippen LogP contribution in [0.4, 0.5) is 16.0 Å². The largest absolute Gasteiger partial charge is 0.353 e. The molecule has 0 unspecified atom stereocenters. The van der Waals surface area contributed by atoms with Crippen molar-refractivity contribution in [3.05, 3.63) is 34.9 Å². The Bertz CT molecular complexity index is 1050. The molecule has 0 bridgehead atoms. The van der Waals surface area contributed by atoms with Crippen molar-refractivity contribution in [3.63, 3.8) is 0 Å². The topological polar surface area (TPSA) is 75.3 Å². The number of piperazine rings is 1. The number of aryl methyl sites for hydroxylation is 2. The zero-order valence-corrected chi connectivity index (χ0v) is 16.4. The van der Waals surface area contributed by atoms with E-state index in [1.807, 2.05) is 11.8 Å². The van der Waals surface area contributed by atoms with Crippen LogP contribution in [0.15, 0.2) is 6.33 Å². The quantitative estimate of drug-likeness (QED) is 0.687. The van der Waals surface area contributed by atoms with Gasteiger partial charge in [-0.05, 0) is 33.6 Å². The summed E-state index contributed by atoms with van der Waals surface area (Å²) in [5.41, 5.74) is 2.48. The lowest BCUT2D eigenvalue weighted by molar-refractivity contribution is 0.566. The first-order valence-corrected chi connectivity index (χ1v) is 9.74. The van der Waals surface area contributed by atoms with Gasteiger partial charge in [0, 0.05) is 43.4 Å². The van der Waals surface area contributed by atoms with Crippen molar-refractivity contribution in [2.45, 2.75) is 39.5 Å². The molecule has 0 spiro atoms. The predicted octanol–water partition coefficient (Wildman–Crippen LogP) is 2.18. The molecule has 1 saturated carbocycles. The molecule has 0 aromatic carbocycles. The monoisotopic (exact) mass is 382 g/mol. The molecule has 2 aliphatic rings. The highest BCUT2D eigenvalue weighted by atomic mass is 19.1. The number of nitrogens with zero attached hydrogens (tertiary/aromatic N) is 8. The average molecular weight is 382 g/mol. The Balaban J connectivity index is 1.42. The van der Waals surface area contributed by atoms with Crippen LogP contribution >= 0.6 is 0 Å². The lowest BCUT2D eigenvalue weighted by Crippen LogP contribution is -2.48. The van der Waals surface area contributed by atoms with Gasteiger partial charge in [0.15, 0.2) is 11.6 Å². The Kier molecular flexibility index (Phi) is 3.92. The van der Waals surface area contributed by atoms with Crippen molar-refractivity contribution < 1.29 is 4.39 Å². The third-order valence-corrected chi connectivity index (χ3v) is 5.71. The van der Waals surface area contributed by atoms with Gasteiger partial charge in [-0.25, -0.2) is 19.3 Å². The van der Waals surface area contributed by atoms with Crippen molar-refractivity contribution in [1.82, 2.24) is 29.5 Å². The van der Waals surface area contributed by atoms with Crippen LogP contribution in [0, 0.1) is 26.6 Å². The fraction of sp³-hybridized carbons (Fsp3) is 0.526. The second kappa shape index (κ2) is 6.35. The highest BCUT2D eigenvalue weighted by Gasteiger charge is 2.30. The average Bonchev–Trinajstić information content (AvgIpc) is 3.44. The first-order valence-electron chi connectivity index (χ1n) is 9.74. The molecule has 0 amide bonds. The molecule has 1 aliphatic heterocycles. The SMILES string of the molecule is Cc1nc2ncnn2c(N2CCN(c3nc(C4CC4)nc(C)c3F)CC2)c1C. The van der Waals surface area contributed by atoms with Crippen molar-refractivity contribution >= 4 is 17.4 Å². The summed E-state index contributed by atoms with van der Waals surface area (Å²) in [4.78, 5) is 22.0. The van der Waals surface area contributed by atoms with Crippen molar-refractivity contribution in [1.29, 1.82) is 0 Å². The van der Waals surface area contributed by atoms with E-state index >= 15 is 0 Å². The van der Waals surface area contributed by atoms with Crippen molar-refractivity contribution in [2.24, 2.45) is 0 Å². The summed E-state index contributed by atoms with van der Waals surface area (Å²) in [7, 11) is 0. The molecule has 9 heteroatoms. The van der Waals surface area contributed by atoms with Crippen LogP contribution in [0.5, 0.6) is 0 Å². The van der Waals surface area contributed by atoms with Gasteiger partial charge >= 0.3 is 0 Å². The summed E-state index contributed by atoms with van der Waals surface area (Å²) in [6, 6.07) is 0. The summed E-state index contributed by atoms with van der Waals surface area (Å²) in [6.07, 6.45) is 3.74. The van der Waals surface area contributed by atoms with Crippen LogP contribution in [0.3, 0.4) is 0 Å². The molecule has 0 atom stereocenters. The number of fused-ring (bicyclic) bond motifs is 1. The van der Waals surface area contributed by atoms with E-state index in [0.717, 1.165) is 48.8 Å². The summed E-state index contributed by atoms with van der Waals surface area (Å²) in [5, 5.41) is 4.34. The molecule has 1 aliphatic carbocycles. The normalized spacial score (nSPS) is 17.6. The number of rotatable bonds is 3. The molecule has 5 rings (SSSR count). The third-order valence-electron chi connectivity index (χ3n) is 5.71. The van der Waals surface area contributed by atoms with E-state index in [-0.39, 0.29) is 5.82 Å². The second-order valence-electron chi connectivity index (χ2n) is 7.67. The minimum atomic E-state index is -0.299. The van der Waals surface area contributed by atoms with E-state index in [1.54, 1.807) is 11.4 Å². The zero-order chi connectivity index (χ0) is 19.4. The van der Waals surface area contributed by atoms with Gasteiger partial charge in [0.05, 0.1) is 5.69 Å². The van der Waals surface area contributed by atoms with Gasteiger partial charge in [0.25, 0.3) is 5.78 Å². The number of anilines is 2. The molecule has 0 radical (unpaired) electrons. The summed E-state index contributed by atoms with van der Waals surface area (Å²) < 4.78 is 16.5. The van der Waals surface area contributed by atoms with E-state index in [0.29, 0.717) is 36.3 Å².